The minimum absolute atomic E-state index is 0.0604. The first kappa shape index (κ1) is 17.4. The molecule has 1 rings (SSSR count). The largest absolute Gasteiger partial charge is 0.379 e. The summed E-state index contributed by atoms with van der Waals surface area (Å²) >= 11 is 0. The van der Waals surface area contributed by atoms with Crippen molar-refractivity contribution < 1.29 is 14.3 Å². The number of nitrogens with zero attached hydrogens (tertiary/aromatic N) is 1. The minimum atomic E-state index is -0.432. The van der Waals surface area contributed by atoms with Crippen molar-refractivity contribution in [1.29, 1.82) is 0 Å². The van der Waals surface area contributed by atoms with Crippen LogP contribution in [0.1, 0.15) is 40.5 Å². The summed E-state index contributed by atoms with van der Waals surface area (Å²) in [4.78, 5) is 14.2. The van der Waals surface area contributed by atoms with E-state index < -0.39 is 6.04 Å². The Kier molecular flexibility index (Phi) is 6.92. The molecule has 0 spiro atoms. The van der Waals surface area contributed by atoms with Gasteiger partial charge in [0, 0.05) is 19.7 Å². The molecule has 1 aliphatic rings. The van der Waals surface area contributed by atoms with E-state index >= 15 is 0 Å². The van der Waals surface area contributed by atoms with Gasteiger partial charge in [-0.2, -0.15) is 0 Å². The molecule has 1 amide bonds. The molecule has 1 aliphatic heterocycles. The lowest BCUT2D eigenvalue weighted by Crippen LogP contribution is -2.53. The van der Waals surface area contributed by atoms with Crippen LogP contribution in [0.15, 0.2) is 0 Å². The lowest BCUT2D eigenvalue weighted by Gasteiger charge is -2.36. The summed E-state index contributed by atoms with van der Waals surface area (Å²) in [5.41, 5.74) is 5.84. The number of amides is 1. The van der Waals surface area contributed by atoms with Gasteiger partial charge in [0.25, 0.3) is 0 Å². The first-order valence-electron chi connectivity index (χ1n) is 7.60. The van der Waals surface area contributed by atoms with Crippen molar-refractivity contribution >= 4 is 5.91 Å². The highest BCUT2D eigenvalue weighted by atomic mass is 16.5. The summed E-state index contributed by atoms with van der Waals surface area (Å²) in [5.74, 6) is 0.0604. The molecule has 0 aromatic carbocycles. The highest BCUT2D eigenvalue weighted by Crippen LogP contribution is 2.21. The van der Waals surface area contributed by atoms with Crippen molar-refractivity contribution in [1.82, 2.24) is 4.90 Å². The Balaban J connectivity index is 2.29. The molecule has 0 radical (unpaired) electrons. The molecule has 1 fully saturated rings. The molecule has 0 bridgehead atoms. The Hall–Kier alpha value is -0.650. The third kappa shape index (κ3) is 5.38. The van der Waals surface area contributed by atoms with Gasteiger partial charge in [0.15, 0.2) is 0 Å². The number of nitrogens with two attached hydrogens (primary N) is 1. The van der Waals surface area contributed by atoms with Crippen LogP contribution in [0, 0.1) is 5.41 Å². The summed E-state index contributed by atoms with van der Waals surface area (Å²) < 4.78 is 11.0. The van der Waals surface area contributed by atoms with E-state index in [4.69, 9.17) is 15.2 Å². The molecule has 0 aliphatic carbocycles. The number of likely N-dealkylation sites (tertiary alicyclic amines) is 1. The third-order valence-electron chi connectivity index (χ3n) is 3.74. The average molecular weight is 286 g/mol. The fourth-order valence-electron chi connectivity index (χ4n) is 2.23. The Morgan fingerprint density at radius 1 is 1.30 bits per heavy atom. The van der Waals surface area contributed by atoms with Crippen LogP contribution in [0.5, 0.6) is 0 Å². The maximum Gasteiger partial charge on any atom is 0.240 e. The molecule has 1 atom stereocenters. The zero-order valence-electron chi connectivity index (χ0n) is 13.4. The maximum atomic E-state index is 12.3. The van der Waals surface area contributed by atoms with Gasteiger partial charge in [0.1, 0.15) is 0 Å². The third-order valence-corrected chi connectivity index (χ3v) is 3.74. The zero-order chi connectivity index (χ0) is 15.2. The lowest BCUT2D eigenvalue weighted by atomic mass is 9.86. The fraction of sp³-hybridized carbons (Fsp3) is 0.933. The van der Waals surface area contributed by atoms with Crippen LogP contribution in [0.4, 0.5) is 0 Å². The SMILES string of the molecule is CCOCCOC1CCN(C(=O)[C@@H](N)C(C)(C)C)CC1. The van der Waals surface area contributed by atoms with Gasteiger partial charge in [-0.05, 0) is 25.2 Å². The normalized spacial score (nSPS) is 19.1. The van der Waals surface area contributed by atoms with E-state index in [1.54, 1.807) is 0 Å². The maximum absolute atomic E-state index is 12.3. The van der Waals surface area contributed by atoms with Crippen LogP contribution in [-0.2, 0) is 14.3 Å². The molecule has 2 N–H and O–H groups in total. The van der Waals surface area contributed by atoms with Gasteiger partial charge in [0.2, 0.25) is 5.91 Å². The highest BCUT2D eigenvalue weighted by Gasteiger charge is 2.32. The second-order valence-electron chi connectivity index (χ2n) is 6.44. The number of carbonyl (C=O) groups excluding carboxylic acids is 1. The van der Waals surface area contributed by atoms with E-state index in [9.17, 15) is 4.79 Å². The van der Waals surface area contributed by atoms with Gasteiger partial charge >= 0.3 is 0 Å². The van der Waals surface area contributed by atoms with E-state index in [1.165, 1.54) is 0 Å². The van der Waals surface area contributed by atoms with Crippen molar-refractivity contribution in [3.8, 4) is 0 Å². The van der Waals surface area contributed by atoms with Crippen LogP contribution >= 0.6 is 0 Å². The Morgan fingerprint density at radius 2 is 1.90 bits per heavy atom. The Bertz CT molecular complexity index is 294. The number of rotatable bonds is 6. The molecule has 0 aromatic heterocycles. The topological polar surface area (TPSA) is 64.8 Å². The quantitative estimate of drug-likeness (QED) is 0.750. The number of carbonyl (C=O) groups is 1. The molecule has 1 saturated heterocycles. The fourth-order valence-corrected chi connectivity index (χ4v) is 2.23. The van der Waals surface area contributed by atoms with Gasteiger partial charge in [0.05, 0.1) is 25.4 Å². The molecule has 0 unspecified atom stereocenters. The van der Waals surface area contributed by atoms with Gasteiger partial charge in [-0.3, -0.25) is 4.79 Å². The summed E-state index contributed by atoms with van der Waals surface area (Å²) in [6.45, 7) is 11.4. The van der Waals surface area contributed by atoms with Gasteiger partial charge < -0.3 is 20.1 Å². The van der Waals surface area contributed by atoms with E-state index in [2.05, 4.69) is 0 Å². The molecule has 20 heavy (non-hydrogen) atoms. The molecule has 118 valence electrons. The monoisotopic (exact) mass is 286 g/mol. The minimum Gasteiger partial charge on any atom is -0.379 e. The van der Waals surface area contributed by atoms with Gasteiger partial charge in [-0.1, -0.05) is 20.8 Å². The van der Waals surface area contributed by atoms with Gasteiger partial charge in [-0.15, -0.1) is 0 Å². The molecule has 5 heteroatoms. The van der Waals surface area contributed by atoms with Crippen molar-refractivity contribution in [3.05, 3.63) is 0 Å². The summed E-state index contributed by atoms with van der Waals surface area (Å²) in [7, 11) is 0. The summed E-state index contributed by atoms with van der Waals surface area (Å²) in [6.07, 6.45) is 2.01. The van der Waals surface area contributed by atoms with Crippen molar-refractivity contribution in [2.75, 3.05) is 32.9 Å². The summed E-state index contributed by atoms with van der Waals surface area (Å²) in [5, 5.41) is 0. The first-order chi connectivity index (χ1) is 9.36. The number of piperidine rings is 1. The second kappa shape index (κ2) is 7.96. The predicted octanol–water partition coefficient (Wildman–Crippen LogP) is 1.40. The predicted molar refractivity (Wildman–Crippen MR) is 79.5 cm³/mol. The van der Waals surface area contributed by atoms with Crippen LogP contribution in [0.2, 0.25) is 0 Å². The smallest absolute Gasteiger partial charge is 0.240 e. The Morgan fingerprint density at radius 3 is 2.40 bits per heavy atom. The molecular formula is C15H30N2O3. The van der Waals surface area contributed by atoms with Crippen molar-refractivity contribution in [3.63, 3.8) is 0 Å². The van der Waals surface area contributed by atoms with Crippen LogP contribution in [0.25, 0.3) is 0 Å². The Labute approximate surface area is 122 Å². The highest BCUT2D eigenvalue weighted by molar-refractivity contribution is 5.82. The van der Waals surface area contributed by atoms with Crippen LogP contribution in [0.3, 0.4) is 0 Å². The molecule has 0 aromatic rings. The number of hydrogen-bond acceptors (Lipinski definition) is 4. The average Bonchev–Trinajstić information content (AvgIpc) is 2.41. The van der Waals surface area contributed by atoms with Crippen LogP contribution in [-0.4, -0.2) is 55.9 Å². The summed E-state index contributed by atoms with van der Waals surface area (Å²) in [6, 6.07) is -0.432. The number of hydrogen-bond donors (Lipinski definition) is 1. The van der Waals surface area contributed by atoms with Crippen molar-refractivity contribution in [2.24, 2.45) is 11.1 Å². The first-order valence-corrected chi connectivity index (χ1v) is 7.60. The van der Waals surface area contributed by atoms with E-state index in [-0.39, 0.29) is 17.4 Å². The van der Waals surface area contributed by atoms with Gasteiger partial charge in [-0.25, -0.2) is 0 Å². The van der Waals surface area contributed by atoms with Crippen LogP contribution < -0.4 is 5.73 Å². The van der Waals surface area contributed by atoms with E-state index in [1.807, 2.05) is 32.6 Å². The second-order valence-corrected chi connectivity index (χ2v) is 6.44. The number of ether oxygens (including phenoxy) is 2. The zero-order valence-corrected chi connectivity index (χ0v) is 13.4. The lowest BCUT2D eigenvalue weighted by molar-refractivity contribution is -0.137. The van der Waals surface area contributed by atoms with E-state index in [0.29, 0.717) is 13.2 Å². The molecule has 1 heterocycles. The standard InChI is InChI=1S/C15H30N2O3/c1-5-19-10-11-20-12-6-8-17(9-7-12)14(18)13(16)15(2,3)4/h12-13H,5-11,16H2,1-4H3/t13-/m1/s1. The molecule has 5 nitrogen and oxygen atoms in total. The van der Waals surface area contributed by atoms with Crippen molar-refractivity contribution in [2.45, 2.75) is 52.7 Å². The molecule has 0 saturated carbocycles. The molecular weight excluding hydrogens is 256 g/mol. The van der Waals surface area contributed by atoms with E-state index in [0.717, 1.165) is 32.5 Å².